The first kappa shape index (κ1) is 25.1. The number of carbonyl (C=O) groups excluding carboxylic acids is 5. The predicted octanol–water partition coefficient (Wildman–Crippen LogP) is -4.45. The van der Waals surface area contributed by atoms with Gasteiger partial charge in [-0.25, -0.2) is 0 Å². The maximum absolute atomic E-state index is 12.4. The summed E-state index contributed by atoms with van der Waals surface area (Å²) in [7, 11) is 0. The zero-order valence-corrected chi connectivity index (χ0v) is 15.7. The number of rotatable bonds is 13. The molecule has 0 aliphatic rings. The van der Waals surface area contributed by atoms with Crippen molar-refractivity contribution in [1.29, 1.82) is 0 Å². The normalized spacial score (nSPS) is 13.5. The van der Waals surface area contributed by atoms with Crippen LogP contribution in [0.25, 0.3) is 0 Å². The van der Waals surface area contributed by atoms with Crippen molar-refractivity contribution in [3.63, 3.8) is 0 Å². The molecule has 0 spiro atoms. The average molecular weight is 420 g/mol. The first-order chi connectivity index (χ1) is 13.0. The van der Waals surface area contributed by atoms with E-state index in [1.807, 2.05) is 5.32 Å². The lowest BCUT2D eigenvalue weighted by atomic mass is 10.1. The van der Waals surface area contributed by atoms with Crippen LogP contribution >= 0.6 is 12.6 Å². The molecule has 0 rings (SSSR count). The third kappa shape index (κ3) is 10.3. The molecule has 0 heterocycles. The third-order valence-corrected chi connectivity index (χ3v) is 3.69. The summed E-state index contributed by atoms with van der Waals surface area (Å²) in [4.78, 5) is 69.0. The van der Waals surface area contributed by atoms with E-state index in [2.05, 4.69) is 23.3 Å². The summed E-state index contributed by atoms with van der Waals surface area (Å²) in [6, 6.07) is -3.85. The first-order valence-corrected chi connectivity index (χ1v) is 8.64. The largest absolute Gasteiger partial charge is 0.480 e. The minimum atomic E-state index is -1.45. The van der Waals surface area contributed by atoms with Gasteiger partial charge in [0.15, 0.2) is 0 Å². The molecule has 0 aromatic carbocycles. The van der Waals surface area contributed by atoms with Gasteiger partial charge >= 0.3 is 5.97 Å². The van der Waals surface area contributed by atoms with Gasteiger partial charge in [-0.3, -0.25) is 28.8 Å². The topological polar surface area (TPSA) is 237 Å². The highest BCUT2D eigenvalue weighted by molar-refractivity contribution is 7.80. The predicted molar refractivity (Wildman–Crippen MR) is 98.6 cm³/mol. The van der Waals surface area contributed by atoms with Crippen LogP contribution in [0.15, 0.2) is 0 Å². The Hall–Kier alpha value is -2.87. The van der Waals surface area contributed by atoms with Crippen LogP contribution in [0.1, 0.15) is 19.3 Å². The fraction of sp³-hybridized carbons (Fsp3) is 0.571. The fourth-order valence-corrected chi connectivity index (χ4v) is 2.05. The average Bonchev–Trinajstić information content (AvgIpc) is 2.60. The number of carbonyl (C=O) groups is 6. The van der Waals surface area contributed by atoms with E-state index in [-0.39, 0.29) is 18.6 Å². The van der Waals surface area contributed by atoms with Gasteiger partial charge in [0.2, 0.25) is 29.5 Å². The zero-order chi connectivity index (χ0) is 21.9. The monoisotopic (exact) mass is 420 g/mol. The van der Waals surface area contributed by atoms with Gasteiger partial charge in [0, 0.05) is 12.2 Å². The number of primary amides is 2. The van der Waals surface area contributed by atoms with Crippen LogP contribution in [0.5, 0.6) is 0 Å². The quantitative estimate of drug-likeness (QED) is 0.135. The van der Waals surface area contributed by atoms with E-state index in [9.17, 15) is 28.8 Å². The van der Waals surface area contributed by atoms with Crippen molar-refractivity contribution in [1.82, 2.24) is 16.0 Å². The van der Waals surface area contributed by atoms with Crippen molar-refractivity contribution in [2.24, 2.45) is 17.2 Å². The molecular formula is C14H24N6O7S. The molecule has 0 bridgehead atoms. The molecule has 13 nitrogen and oxygen atoms in total. The molecule has 10 N–H and O–H groups in total. The van der Waals surface area contributed by atoms with E-state index in [4.69, 9.17) is 22.3 Å². The second kappa shape index (κ2) is 12.5. The molecule has 28 heavy (non-hydrogen) atoms. The number of hydrogen-bond donors (Lipinski definition) is 8. The standard InChI is InChI=1S/C14H24N6O7S/c15-6(5-28)12(25)20-8(3-10(17)22)14(27)19-7(1-2-9(16)21)13(26)18-4-11(23)24/h6-8,28H,1-5,15H2,(H2,16,21)(H2,17,22)(H,18,26)(H,19,27)(H,20,25)(H,23,24). The Morgan fingerprint density at radius 2 is 1.46 bits per heavy atom. The number of aliphatic carboxylic acids is 1. The maximum Gasteiger partial charge on any atom is 0.322 e. The van der Waals surface area contributed by atoms with Crippen molar-refractivity contribution < 1.29 is 33.9 Å². The molecule has 3 unspecified atom stereocenters. The van der Waals surface area contributed by atoms with Crippen molar-refractivity contribution in [2.75, 3.05) is 12.3 Å². The number of nitrogens with one attached hydrogen (secondary N) is 3. The molecule has 0 aliphatic carbocycles. The fourth-order valence-electron chi connectivity index (χ4n) is 1.89. The third-order valence-electron chi connectivity index (χ3n) is 3.30. The summed E-state index contributed by atoms with van der Waals surface area (Å²) >= 11 is 3.85. The number of nitrogens with two attached hydrogens (primary N) is 3. The van der Waals surface area contributed by atoms with Crippen LogP contribution in [-0.4, -0.2) is 71.0 Å². The van der Waals surface area contributed by atoms with Gasteiger partial charge in [0.1, 0.15) is 18.6 Å². The van der Waals surface area contributed by atoms with Crippen LogP contribution in [0.4, 0.5) is 0 Å². The number of amides is 5. The number of carboxylic acid groups (broad SMARTS) is 1. The molecular weight excluding hydrogens is 396 g/mol. The zero-order valence-electron chi connectivity index (χ0n) is 14.8. The van der Waals surface area contributed by atoms with Crippen molar-refractivity contribution in [2.45, 2.75) is 37.4 Å². The summed E-state index contributed by atoms with van der Waals surface area (Å²) in [5, 5.41) is 15.1. The Kier molecular flexibility index (Phi) is 11.2. The first-order valence-electron chi connectivity index (χ1n) is 8.01. The van der Waals surface area contributed by atoms with Crippen LogP contribution < -0.4 is 33.2 Å². The number of carboxylic acids is 1. The van der Waals surface area contributed by atoms with Gasteiger partial charge < -0.3 is 38.3 Å². The minimum Gasteiger partial charge on any atom is -0.480 e. The molecule has 0 saturated heterocycles. The number of hydrogen-bond acceptors (Lipinski definition) is 8. The van der Waals surface area contributed by atoms with Gasteiger partial charge in [-0.15, -0.1) is 0 Å². The maximum atomic E-state index is 12.4. The van der Waals surface area contributed by atoms with E-state index in [1.54, 1.807) is 0 Å². The molecule has 0 aliphatic heterocycles. The van der Waals surface area contributed by atoms with Gasteiger partial charge in [0.05, 0.1) is 12.5 Å². The van der Waals surface area contributed by atoms with E-state index in [0.29, 0.717) is 0 Å². The van der Waals surface area contributed by atoms with Crippen molar-refractivity contribution in [3.8, 4) is 0 Å². The van der Waals surface area contributed by atoms with Crippen molar-refractivity contribution in [3.05, 3.63) is 0 Å². The molecule has 5 amide bonds. The summed E-state index contributed by atoms with van der Waals surface area (Å²) in [5.74, 6) is -5.66. The summed E-state index contributed by atoms with van der Waals surface area (Å²) in [6.45, 7) is -0.722. The molecule has 3 atom stereocenters. The lowest BCUT2D eigenvalue weighted by molar-refractivity contribution is -0.139. The summed E-state index contributed by atoms with van der Waals surface area (Å²) < 4.78 is 0. The summed E-state index contributed by atoms with van der Waals surface area (Å²) in [5.41, 5.74) is 15.6. The highest BCUT2D eigenvalue weighted by Gasteiger charge is 2.29. The van der Waals surface area contributed by atoms with Crippen LogP contribution in [0.2, 0.25) is 0 Å². The van der Waals surface area contributed by atoms with Gasteiger partial charge in [-0.1, -0.05) is 0 Å². The highest BCUT2D eigenvalue weighted by atomic mass is 32.1. The summed E-state index contributed by atoms with van der Waals surface area (Å²) in [6.07, 6.45) is -1.11. The molecule has 0 saturated carbocycles. The van der Waals surface area contributed by atoms with E-state index < -0.39 is 66.6 Å². The Morgan fingerprint density at radius 3 is 1.93 bits per heavy atom. The smallest absolute Gasteiger partial charge is 0.322 e. The Labute approximate surface area is 165 Å². The van der Waals surface area contributed by atoms with Gasteiger partial charge in [-0.2, -0.15) is 12.6 Å². The molecule has 0 radical (unpaired) electrons. The number of thiol groups is 1. The van der Waals surface area contributed by atoms with E-state index in [1.165, 1.54) is 0 Å². The minimum absolute atomic E-state index is 0.0322. The molecule has 14 heteroatoms. The molecule has 0 aromatic heterocycles. The Bertz CT molecular complexity index is 629. The SMILES string of the molecule is NC(=O)CCC(NC(=O)C(CC(N)=O)NC(=O)C(N)CS)C(=O)NCC(=O)O. The second-order valence-corrected chi connectivity index (χ2v) is 6.06. The molecule has 0 fully saturated rings. The lowest BCUT2D eigenvalue weighted by Crippen LogP contribution is -2.57. The van der Waals surface area contributed by atoms with Crippen LogP contribution in [0, 0.1) is 0 Å². The van der Waals surface area contributed by atoms with E-state index >= 15 is 0 Å². The molecule has 0 aromatic rings. The Morgan fingerprint density at radius 1 is 0.893 bits per heavy atom. The highest BCUT2D eigenvalue weighted by Crippen LogP contribution is 2.01. The molecule has 158 valence electrons. The van der Waals surface area contributed by atoms with Crippen molar-refractivity contribution >= 4 is 48.1 Å². The second-order valence-electron chi connectivity index (χ2n) is 5.70. The van der Waals surface area contributed by atoms with Crippen LogP contribution in [-0.2, 0) is 28.8 Å². The van der Waals surface area contributed by atoms with Gasteiger partial charge in [0.25, 0.3) is 0 Å². The lowest BCUT2D eigenvalue weighted by Gasteiger charge is -2.23. The Balaban J connectivity index is 5.26. The van der Waals surface area contributed by atoms with E-state index in [0.717, 1.165) is 0 Å². The van der Waals surface area contributed by atoms with Gasteiger partial charge in [-0.05, 0) is 6.42 Å². The van der Waals surface area contributed by atoms with Crippen LogP contribution in [0.3, 0.4) is 0 Å².